The summed E-state index contributed by atoms with van der Waals surface area (Å²) in [7, 11) is 0. The number of carbonyl (C=O) groups is 1. The number of halogens is 1. The van der Waals surface area contributed by atoms with E-state index in [1.165, 1.54) is 12.1 Å². The molecule has 0 aliphatic heterocycles. The van der Waals surface area contributed by atoms with Gasteiger partial charge in [0.05, 0.1) is 12.6 Å². The monoisotopic (exact) mass is 266 g/mol. The Hall–Kier alpha value is -1.46. The topological polar surface area (TPSA) is 61.4 Å². The van der Waals surface area contributed by atoms with Crippen molar-refractivity contribution in [2.45, 2.75) is 25.4 Å². The van der Waals surface area contributed by atoms with Gasteiger partial charge in [-0.2, -0.15) is 0 Å². The second-order valence-corrected chi connectivity index (χ2v) is 5.02. The molecule has 0 heterocycles. The van der Waals surface area contributed by atoms with Crippen molar-refractivity contribution in [2.75, 3.05) is 18.4 Å². The molecule has 19 heavy (non-hydrogen) atoms. The highest BCUT2D eigenvalue weighted by Crippen LogP contribution is 2.24. The molecule has 2 atom stereocenters. The molecule has 1 amide bonds. The van der Waals surface area contributed by atoms with Crippen LogP contribution in [0, 0.1) is 11.7 Å². The first kappa shape index (κ1) is 14.0. The van der Waals surface area contributed by atoms with Crippen LogP contribution >= 0.6 is 0 Å². The largest absolute Gasteiger partial charge is 0.393 e. The SMILES string of the molecule is O=C(CNCC1CCC(O)C1)Nc1cccc(F)c1. The molecule has 104 valence electrons. The summed E-state index contributed by atoms with van der Waals surface area (Å²) in [4.78, 5) is 11.6. The molecule has 1 aliphatic rings. The molecule has 0 spiro atoms. The Labute approximate surface area is 112 Å². The lowest BCUT2D eigenvalue weighted by Crippen LogP contribution is -2.31. The molecule has 2 rings (SSSR count). The molecule has 4 nitrogen and oxygen atoms in total. The van der Waals surface area contributed by atoms with Gasteiger partial charge in [-0.3, -0.25) is 4.79 Å². The fraction of sp³-hybridized carbons (Fsp3) is 0.500. The minimum absolute atomic E-state index is 0.187. The quantitative estimate of drug-likeness (QED) is 0.757. The van der Waals surface area contributed by atoms with E-state index >= 15 is 0 Å². The summed E-state index contributed by atoms with van der Waals surface area (Å²) in [5.74, 6) is -0.119. The van der Waals surface area contributed by atoms with Gasteiger partial charge in [-0.1, -0.05) is 6.07 Å². The summed E-state index contributed by atoms with van der Waals surface area (Å²) in [5.41, 5.74) is 0.461. The number of benzene rings is 1. The van der Waals surface area contributed by atoms with E-state index in [0.717, 1.165) is 25.8 Å². The van der Waals surface area contributed by atoms with Crippen LogP contribution in [0.3, 0.4) is 0 Å². The molecule has 1 aromatic rings. The third-order valence-corrected chi connectivity index (χ3v) is 3.34. The summed E-state index contributed by atoms with van der Waals surface area (Å²) in [6.07, 6.45) is 2.47. The molecule has 0 radical (unpaired) electrons. The molecule has 0 aromatic heterocycles. The fourth-order valence-electron chi connectivity index (χ4n) is 2.40. The molecule has 0 saturated heterocycles. The Morgan fingerprint density at radius 1 is 1.42 bits per heavy atom. The number of carbonyl (C=O) groups excluding carboxylic acids is 1. The smallest absolute Gasteiger partial charge is 0.238 e. The van der Waals surface area contributed by atoms with E-state index in [0.29, 0.717) is 11.6 Å². The van der Waals surface area contributed by atoms with Crippen LogP contribution in [0.15, 0.2) is 24.3 Å². The zero-order valence-electron chi connectivity index (χ0n) is 10.7. The van der Waals surface area contributed by atoms with Crippen LogP contribution in [-0.2, 0) is 4.79 Å². The van der Waals surface area contributed by atoms with E-state index in [9.17, 15) is 14.3 Å². The maximum atomic E-state index is 12.9. The summed E-state index contributed by atoms with van der Waals surface area (Å²) >= 11 is 0. The lowest BCUT2D eigenvalue weighted by atomic mass is 10.1. The zero-order chi connectivity index (χ0) is 13.7. The maximum Gasteiger partial charge on any atom is 0.238 e. The van der Waals surface area contributed by atoms with Gasteiger partial charge >= 0.3 is 0 Å². The van der Waals surface area contributed by atoms with Gasteiger partial charge in [0.25, 0.3) is 0 Å². The van der Waals surface area contributed by atoms with Crippen LogP contribution in [0.25, 0.3) is 0 Å². The number of nitrogens with one attached hydrogen (secondary N) is 2. The molecule has 2 unspecified atom stereocenters. The van der Waals surface area contributed by atoms with Crippen molar-refractivity contribution < 1.29 is 14.3 Å². The second kappa shape index (κ2) is 6.63. The van der Waals surface area contributed by atoms with Crippen LogP contribution in [0.4, 0.5) is 10.1 Å². The Morgan fingerprint density at radius 3 is 2.95 bits per heavy atom. The van der Waals surface area contributed by atoms with E-state index in [4.69, 9.17) is 0 Å². The van der Waals surface area contributed by atoms with Gasteiger partial charge in [0.1, 0.15) is 5.82 Å². The average molecular weight is 266 g/mol. The summed E-state index contributed by atoms with van der Waals surface area (Å²) in [5, 5.41) is 15.1. The Bertz CT molecular complexity index is 439. The van der Waals surface area contributed by atoms with Crippen LogP contribution in [0.1, 0.15) is 19.3 Å². The van der Waals surface area contributed by atoms with Crippen molar-refractivity contribution >= 4 is 11.6 Å². The molecule has 0 bridgehead atoms. The van der Waals surface area contributed by atoms with Crippen molar-refractivity contribution in [3.63, 3.8) is 0 Å². The second-order valence-electron chi connectivity index (χ2n) is 5.02. The molecule has 1 fully saturated rings. The zero-order valence-corrected chi connectivity index (χ0v) is 10.7. The third kappa shape index (κ3) is 4.61. The van der Waals surface area contributed by atoms with Crippen molar-refractivity contribution in [1.29, 1.82) is 0 Å². The number of aliphatic hydroxyl groups is 1. The molecular formula is C14H19FN2O2. The van der Waals surface area contributed by atoms with E-state index in [1.54, 1.807) is 12.1 Å². The maximum absolute atomic E-state index is 12.9. The highest BCUT2D eigenvalue weighted by Gasteiger charge is 2.22. The number of aliphatic hydroxyl groups excluding tert-OH is 1. The Balaban J connectivity index is 1.67. The van der Waals surface area contributed by atoms with Crippen LogP contribution in [0.2, 0.25) is 0 Å². The van der Waals surface area contributed by atoms with Gasteiger partial charge in [-0.25, -0.2) is 4.39 Å². The molecule has 1 aliphatic carbocycles. The first-order valence-electron chi connectivity index (χ1n) is 6.57. The van der Waals surface area contributed by atoms with Crippen molar-refractivity contribution in [3.8, 4) is 0 Å². The first-order valence-corrected chi connectivity index (χ1v) is 6.57. The van der Waals surface area contributed by atoms with Gasteiger partial charge < -0.3 is 15.7 Å². The van der Waals surface area contributed by atoms with Crippen molar-refractivity contribution in [1.82, 2.24) is 5.32 Å². The average Bonchev–Trinajstić information content (AvgIpc) is 2.75. The van der Waals surface area contributed by atoms with Gasteiger partial charge in [0.15, 0.2) is 0 Å². The predicted molar refractivity (Wildman–Crippen MR) is 71.2 cm³/mol. The van der Waals surface area contributed by atoms with Crippen LogP contribution < -0.4 is 10.6 Å². The van der Waals surface area contributed by atoms with Gasteiger partial charge in [-0.05, 0) is 49.9 Å². The van der Waals surface area contributed by atoms with Gasteiger partial charge in [-0.15, -0.1) is 0 Å². The van der Waals surface area contributed by atoms with Crippen molar-refractivity contribution in [3.05, 3.63) is 30.1 Å². The summed E-state index contributed by atoms with van der Waals surface area (Å²) < 4.78 is 12.9. The number of hydrogen-bond acceptors (Lipinski definition) is 3. The van der Waals surface area contributed by atoms with Crippen LogP contribution in [-0.4, -0.2) is 30.2 Å². The number of anilines is 1. The third-order valence-electron chi connectivity index (χ3n) is 3.34. The molecule has 1 saturated carbocycles. The Morgan fingerprint density at radius 2 is 2.26 bits per heavy atom. The van der Waals surface area contributed by atoms with Gasteiger partial charge in [0.2, 0.25) is 5.91 Å². The first-order chi connectivity index (χ1) is 9.13. The van der Waals surface area contributed by atoms with E-state index in [2.05, 4.69) is 10.6 Å². The van der Waals surface area contributed by atoms with Crippen molar-refractivity contribution in [2.24, 2.45) is 5.92 Å². The minimum atomic E-state index is -0.370. The number of hydrogen-bond donors (Lipinski definition) is 3. The van der Waals surface area contributed by atoms with Gasteiger partial charge in [0, 0.05) is 5.69 Å². The Kier molecular flexibility index (Phi) is 4.87. The standard InChI is InChI=1S/C14H19FN2O2/c15-11-2-1-3-12(7-11)17-14(19)9-16-8-10-4-5-13(18)6-10/h1-3,7,10,13,16,18H,4-6,8-9H2,(H,17,19). The molecule has 5 heteroatoms. The predicted octanol–water partition coefficient (Wildman–Crippen LogP) is 1.51. The lowest BCUT2D eigenvalue weighted by molar-refractivity contribution is -0.115. The lowest BCUT2D eigenvalue weighted by Gasteiger charge is -2.11. The van der Waals surface area contributed by atoms with E-state index in [-0.39, 0.29) is 24.4 Å². The molecule has 1 aromatic carbocycles. The van der Waals surface area contributed by atoms with E-state index in [1.807, 2.05) is 0 Å². The highest BCUT2D eigenvalue weighted by molar-refractivity contribution is 5.92. The summed E-state index contributed by atoms with van der Waals surface area (Å²) in [6.45, 7) is 0.927. The minimum Gasteiger partial charge on any atom is -0.393 e. The highest BCUT2D eigenvalue weighted by atomic mass is 19.1. The fourth-order valence-corrected chi connectivity index (χ4v) is 2.40. The normalized spacial score (nSPS) is 22.4. The molecular weight excluding hydrogens is 247 g/mol. The van der Waals surface area contributed by atoms with E-state index < -0.39 is 0 Å². The number of rotatable bonds is 5. The molecule has 3 N–H and O–H groups in total. The van der Waals surface area contributed by atoms with Crippen LogP contribution in [0.5, 0.6) is 0 Å². The number of amides is 1. The summed E-state index contributed by atoms with van der Waals surface area (Å²) in [6, 6.07) is 5.82.